The van der Waals surface area contributed by atoms with Gasteiger partial charge >= 0.3 is 6.18 Å². The van der Waals surface area contributed by atoms with E-state index in [2.05, 4.69) is 15.3 Å². The molecule has 1 aromatic heterocycles. The van der Waals surface area contributed by atoms with Crippen LogP contribution in [0.15, 0.2) is 6.07 Å². The molecule has 0 spiro atoms. The lowest BCUT2D eigenvalue weighted by molar-refractivity contribution is -0.198. The molecule has 0 bridgehead atoms. The van der Waals surface area contributed by atoms with Crippen molar-refractivity contribution in [2.24, 2.45) is 0 Å². The highest BCUT2D eigenvalue weighted by atomic mass is 19.4. The fraction of sp³-hybridized carbons (Fsp3) is 0.500. The van der Waals surface area contributed by atoms with Gasteiger partial charge in [-0.3, -0.25) is 0 Å². The number of nitrogens with two attached hydrogens (primary N) is 1. The third kappa shape index (κ3) is 3.54. The maximum absolute atomic E-state index is 12.0. The topological polar surface area (TPSA) is 84.1 Å². The van der Waals surface area contributed by atoms with Gasteiger partial charge in [0.25, 0.3) is 0 Å². The molecular formula is C8H11F3N4O. The zero-order valence-corrected chi connectivity index (χ0v) is 8.41. The minimum absolute atomic E-state index is 0.147. The van der Waals surface area contributed by atoms with E-state index in [-0.39, 0.29) is 11.6 Å². The van der Waals surface area contributed by atoms with Crippen molar-refractivity contribution >= 4 is 11.6 Å². The lowest BCUT2D eigenvalue weighted by Crippen LogP contribution is -2.35. The smallest absolute Gasteiger partial charge is 0.384 e. The number of nitrogens with zero attached hydrogens (tertiary/aromatic N) is 2. The van der Waals surface area contributed by atoms with Crippen LogP contribution >= 0.6 is 0 Å². The zero-order chi connectivity index (χ0) is 12.3. The zero-order valence-electron chi connectivity index (χ0n) is 8.41. The van der Waals surface area contributed by atoms with Crippen molar-refractivity contribution in [2.75, 3.05) is 17.6 Å². The molecule has 0 fully saturated rings. The number of aryl methyl sites for hydroxylation is 1. The molecule has 1 rings (SSSR count). The van der Waals surface area contributed by atoms with E-state index in [9.17, 15) is 13.2 Å². The van der Waals surface area contributed by atoms with Gasteiger partial charge in [0.15, 0.2) is 6.10 Å². The van der Waals surface area contributed by atoms with Crippen LogP contribution in [0.3, 0.4) is 0 Å². The monoisotopic (exact) mass is 236 g/mol. The molecule has 0 aliphatic heterocycles. The highest BCUT2D eigenvalue weighted by molar-refractivity contribution is 5.44. The Bertz CT molecular complexity index is 349. The van der Waals surface area contributed by atoms with Gasteiger partial charge in [-0.25, -0.2) is 9.97 Å². The number of nitrogens with one attached hydrogen (secondary N) is 1. The van der Waals surface area contributed by atoms with Crippen molar-refractivity contribution in [3.8, 4) is 0 Å². The van der Waals surface area contributed by atoms with Crippen LogP contribution in [0.2, 0.25) is 0 Å². The Morgan fingerprint density at radius 3 is 2.62 bits per heavy atom. The summed E-state index contributed by atoms with van der Waals surface area (Å²) in [6.07, 6.45) is -7.09. The maximum Gasteiger partial charge on any atom is 0.416 e. The molecule has 0 saturated heterocycles. The van der Waals surface area contributed by atoms with E-state index >= 15 is 0 Å². The summed E-state index contributed by atoms with van der Waals surface area (Å²) in [5.74, 6) is 0.633. The quantitative estimate of drug-likeness (QED) is 0.719. The number of aliphatic hydroxyl groups is 1. The summed E-state index contributed by atoms with van der Waals surface area (Å²) in [6, 6.07) is 1.29. The van der Waals surface area contributed by atoms with Crippen LogP contribution < -0.4 is 11.1 Å². The number of anilines is 2. The first-order valence-corrected chi connectivity index (χ1v) is 4.39. The molecule has 0 aliphatic carbocycles. The molecule has 0 radical (unpaired) electrons. The number of aliphatic hydroxyl groups excluding tert-OH is 1. The summed E-state index contributed by atoms with van der Waals surface area (Å²) < 4.78 is 35.9. The first-order valence-electron chi connectivity index (χ1n) is 4.39. The van der Waals surface area contributed by atoms with E-state index in [1.54, 1.807) is 6.92 Å². The molecule has 16 heavy (non-hydrogen) atoms. The minimum atomic E-state index is -4.65. The molecule has 1 unspecified atom stereocenters. The number of hydrogen-bond acceptors (Lipinski definition) is 5. The first-order chi connectivity index (χ1) is 7.29. The lowest BCUT2D eigenvalue weighted by atomic mass is 10.3. The Labute approximate surface area is 89.5 Å². The summed E-state index contributed by atoms with van der Waals surface area (Å²) >= 11 is 0. The van der Waals surface area contributed by atoms with Gasteiger partial charge in [-0.05, 0) is 6.92 Å². The van der Waals surface area contributed by atoms with Crippen LogP contribution in [0, 0.1) is 6.92 Å². The molecular weight excluding hydrogens is 225 g/mol. The average molecular weight is 236 g/mol. The molecule has 0 saturated carbocycles. The molecule has 1 aromatic rings. The molecule has 5 nitrogen and oxygen atoms in total. The third-order valence-corrected chi connectivity index (χ3v) is 1.71. The second kappa shape index (κ2) is 4.52. The number of rotatable bonds is 3. The Kier molecular flexibility index (Phi) is 3.53. The summed E-state index contributed by atoms with van der Waals surface area (Å²) in [5.41, 5.74) is 5.38. The van der Waals surface area contributed by atoms with E-state index in [1.807, 2.05) is 0 Å². The predicted octanol–water partition coefficient (Wildman–Crippen LogP) is 0.702. The average Bonchev–Trinajstić information content (AvgIpc) is 2.11. The fourth-order valence-corrected chi connectivity index (χ4v) is 0.998. The van der Waals surface area contributed by atoms with Gasteiger partial charge in [0, 0.05) is 6.07 Å². The molecule has 0 amide bonds. The summed E-state index contributed by atoms with van der Waals surface area (Å²) in [5, 5.41) is 11.1. The van der Waals surface area contributed by atoms with Gasteiger partial charge in [0.05, 0.1) is 6.54 Å². The normalized spacial score (nSPS) is 13.6. The van der Waals surface area contributed by atoms with Gasteiger partial charge < -0.3 is 16.2 Å². The minimum Gasteiger partial charge on any atom is -0.384 e. The molecule has 1 atom stereocenters. The second-order valence-corrected chi connectivity index (χ2v) is 3.16. The highest BCUT2D eigenvalue weighted by Crippen LogP contribution is 2.20. The number of hydrogen-bond donors (Lipinski definition) is 3. The summed E-state index contributed by atoms with van der Waals surface area (Å²) in [7, 11) is 0. The van der Waals surface area contributed by atoms with Crippen LogP contribution in [0.5, 0.6) is 0 Å². The summed E-state index contributed by atoms with van der Waals surface area (Å²) in [6.45, 7) is 0.876. The van der Waals surface area contributed by atoms with Crippen LogP contribution in [-0.2, 0) is 0 Å². The maximum atomic E-state index is 12.0. The van der Waals surface area contributed by atoms with Crippen LogP contribution in [-0.4, -0.2) is 33.9 Å². The molecule has 4 N–H and O–H groups in total. The van der Waals surface area contributed by atoms with Crippen molar-refractivity contribution in [2.45, 2.75) is 19.2 Å². The van der Waals surface area contributed by atoms with E-state index in [4.69, 9.17) is 10.8 Å². The first kappa shape index (κ1) is 12.5. The summed E-state index contributed by atoms with van der Waals surface area (Å²) in [4.78, 5) is 7.56. The van der Waals surface area contributed by atoms with Gasteiger partial charge in [0.1, 0.15) is 17.5 Å². The SMILES string of the molecule is Cc1nc(N)cc(NCC(O)C(F)(F)F)n1. The van der Waals surface area contributed by atoms with Crippen molar-refractivity contribution in [1.29, 1.82) is 0 Å². The number of nitrogen functional groups attached to an aromatic ring is 1. The van der Waals surface area contributed by atoms with Crippen LogP contribution in [0.25, 0.3) is 0 Å². The Morgan fingerprint density at radius 1 is 1.50 bits per heavy atom. The van der Waals surface area contributed by atoms with Crippen molar-refractivity contribution < 1.29 is 18.3 Å². The molecule has 0 aliphatic rings. The molecule has 8 heteroatoms. The van der Waals surface area contributed by atoms with Gasteiger partial charge in [-0.1, -0.05) is 0 Å². The Balaban J connectivity index is 2.61. The largest absolute Gasteiger partial charge is 0.416 e. The standard InChI is InChI=1S/C8H11F3N4O/c1-4-14-6(12)2-7(15-4)13-3-5(16)8(9,10)11/h2,5,16H,3H2,1H3,(H3,12,13,14,15). The second-order valence-electron chi connectivity index (χ2n) is 3.16. The van der Waals surface area contributed by atoms with E-state index in [1.165, 1.54) is 6.07 Å². The van der Waals surface area contributed by atoms with Crippen molar-refractivity contribution in [3.05, 3.63) is 11.9 Å². The van der Waals surface area contributed by atoms with Crippen LogP contribution in [0.1, 0.15) is 5.82 Å². The highest BCUT2D eigenvalue weighted by Gasteiger charge is 2.37. The van der Waals surface area contributed by atoms with Gasteiger partial charge in [-0.2, -0.15) is 13.2 Å². The third-order valence-electron chi connectivity index (χ3n) is 1.71. The number of halogens is 3. The van der Waals surface area contributed by atoms with Gasteiger partial charge in [0.2, 0.25) is 0 Å². The fourth-order valence-electron chi connectivity index (χ4n) is 0.998. The van der Waals surface area contributed by atoms with Crippen LogP contribution in [0.4, 0.5) is 24.8 Å². The Morgan fingerprint density at radius 2 is 2.12 bits per heavy atom. The van der Waals surface area contributed by atoms with E-state index in [0.717, 1.165) is 0 Å². The Hall–Kier alpha value is -1.57. The van der Waals surface area contributed by atoms with E-state index < -0.39 is 18.8 Å². The van der Waals surface area contributed by atoms with Gasteiger partial charge in [-0.15, -0.1) is 0 Å². The van der Waals surface area contributed by atoms with E-state index in [0.29, 0.717) is 5.82 Å². The van der Waals surface area contributed by atoms with Crippen molar-refractivity contribution in [3.63, 3.8) is 0 Å². The number of aromatic nitrogens is 2. The molecule has 1 heterocycles. The van der Waals surface area contributed by atoms with Crippen molar-refractivity contribution in [1.82, 2.24) is 9.97 Å². The predicted molar refractivity (Wildman–Crippen MR) is 51.7 cm³/mol. The lowest BCUT2D eigenvalue weighted by Gasteiger charge is -2.15. The number of alkyl halides is 3. The molecule has 90 valence electrons. The molecule has 0 aromatic carbocycles.